The molecule has 2 N–H and O–H groups in total. The third-order valence-corrected chi connectivity index (χ3v) is 4.00. The third kappa shape index (κ3) is 1.67. The molecule has 102 valence electrons. The van der Waals surface area contributed by atoms with Gasteiger partial charge in [-0.2, -0.15) is 4.98 Å². The van der Waals surface area contributed by atoms with Crippen LogP contribution in [0.2, 0.25) is 0 Å². The molecule has 1 saturated carbocycles. The van der Waals surface area contributed by atoms with Crippen LogP contribution in [0.3, 0.4) is 0 Å². The molecule has 1 fully saturated rings. The second-order valence-corrected chi connectivity index (χ2v) is 5.58. The highest BCUT2D eigenvalue weighted by Crippen LogP contribution is 2.38. The molecule has 3 aromatic rings. The van der Waals surface area contributed by atoms with E-state index in [1.54, 1.807) is 0 Å². The Bertz CT molecular complexity index is 783. The molecular formula is C15H15N3O2. The van der Waals surface area contributed by atoms with Gasteiger partial charge >= 0.3 is 0 Å². The SMILES string of the molecule is Cc1ccc2oc(-c3nc(C4(N)CCC4)no3)cc2c1. The standard InChI is InChI=1S/C15H15N3O2/c1-9-3-4-11-10(7-9)8-12(19-11)13-17-14(18-20-13)15(16)5-2-6-15/h3-4,7-8H,2,5-6,16H2,1H3. The first-order valence-electron chi connectivity index (χ1n) is 6.78. The minimum atomic E-state index is -0.412. The first-order chi connectivity index (χ1) is 9.64. The number of aromatic nitrogens is 2. The van der Waals surface area contributed by atoms with Gasteiger partial charge in [-0.1, -0.05) is 16.8 Å². The van der Waals surface area contributed by atoms with Gasteiger partial charge in [0.2, 0.25) is 0 Å². The van der Waals surface area contributed by atoms with E-state index >= 15 is 0 Å². The van der Waals surface area contributed by atoms with Crippen LogP contribution >= 0.6 is 0 Å². The second-order valence-electron chi connectivity index (χ2n) is 5.58. The van der Waals surface area contributed by atoms with Gasteiger partial charge in [0.25, 0.3) is 5.89 Å². The van der Waals surface area contributed by atoms with Crippen molar-refractivity contribution in [1.29, 1.82) is 0 Å². The highest BCUT2D eigenvalue weighted by atomic mass is 16.5. The van der Waals surface area contributed by atoms with Gasteiger partial charge in [-0.15, -0.1) is 0 Å². The number of nitrogens with two attached hydrogens (primary N) is 1. The zero-order valence-corrected chi connectivity index (χ0v) is 11.2. The summed E-state index contributed by atoms with van der Waals surface area (Å²) in [7, 11) is 0. The number of rotatable bonds is 2. The van der Waals surface area contributed by atoms with Gasteiger partial charge in [-0.05, 0) is 44.4 Å². The Labute approximate surface area is 115 Å². The molecule has 1 aromatic carbocycles. The van der Waals surface area contributed by atoms with Crippen LogP contribution in [0.5, 0.6) is 0 Å². The van der Waals surface area contributed by atoms with Crippen LogP contribution in [0.25, 0.3) is 22.6 Å². The quantitative estimate of drug-likeness (QED) is 0.773. The van der Waals surface area contributed by atoms with E-state index in [4.69, 9.17) is 14.7 Å². The average molecular weight is 269 g/mol. The van der Waals surface area contributed by atoms with Crippen molar-refractivity contribution in [1.82, 2.24) is 10.1 Å². The molecule has 2 heterocycles. The van der Waals surface area contributed by atoms with Gasteiger partial charge in [-0.25, -0.2) is 0 Å². The molecule has 1 aliphatic carbocycles. The van der Waals surface area contributed by atoms with Gasteiger partial charge < -0.3 is 14.7 Å². The lowest BCUT2D eigenvalue weighted by molar-refractivity contribution is 0.229. The first-order valence-corrected chi connectivity index (χ1v) is 6.78. The van der Waals surface area contributed by atoms with E-state index in [0.717, 1.165) is 30.2 Å². The molecule has 0 atom stereocenters. The van der Waals surface area contributed by atoms with Crippen molar-refractivity contribution in [2.24, 2.45) is 5.73 Å². The summed E-state index contributed by atoms with van der Waals surface area (Å²) in [6, 6.07) is 7.94. The monoisotopic (exact) mass is 269 g/mol. The summed E-state index contributed by atoms with van der Waals surface area (Å²) >= 11 is 0. The molecule has 0 spiro atoms. The van der Waals surface area contributed by atoms with Crippen LogP contribution < -0.4 is 5.73 Å². The van der Waals surface area contributed by atoms with E-state index < -0.39 is 5.54 Å². The van der Waals surface area contributed by atoms with Crippen LogP contribution in [-0.4, -0.2) is 10.1 Å². The lowest BCUT2D eigenvalue weighted by Gasteiger charge is -2.34. The van der Waals surface area contributed by atoms with Crippen molar-refractivity contribution >= 4 is 11.0 Å². The number of fused-ring (bicyclic) bond motifs is 1. The van der Waals surface area contributed by atoms with E-state index in [0.29, 0.717) is 17.5 Å². The Morgan fingerprint density at radius 3 is 2.85 bits per heavy atom. The van der Waals surface area contributed by atoms with Crippen molar-refractivity contribution < 1.29 is 8.94 Å². The fraction of sp³-hybridized carbons (Fsp3) is 0.333. The van der Waals surface area contributed by atoms with Crippen LogP contribution in [0.4, 0.5) is 0 Å². The molecule has 5 nitrogen and oxygen atoms in total. The zero-order valence-electron chi connectivity index (χ0n) is 11.2. The Kier molecular flexibility index (Phi) is 2.29. The van der Waals surface area contributed by atoms with Crippen LogP contribution in [0.1, 0.15) is 30.7 Å². The first kappa shape index (κ1) is 11.7. The normalized spacial score (nSPS) is 17.3. The third-order valence-electron chi connectivity index (χ3n) is 4.00. The molecule has 4 rings (SSSR count). The van der Waals surface area contributed by atoms with E-state index in [1.165, 1.54) is 5.56 Å². The minimum Gasteiger partial charge on any atom is -0.451 e. The number of nitrogens with zero attached hydrogens (tertiary/aromatic N) is 2. The lowest BCUT2D eigenvalue weighted by Crippen LogP contribution is -2.44. The molecule has 0 bridgehead atoms. The number of aryl methyl sites for hydroxylation is 1. The van der Waals surface area contributed by atoms with Crippen LogP contribution in [0, 0.1) is 6.92 Å². The van der Waals surface area contributed by atoms with Gasteiger partial charge in [0.15, 0.2) is 11.6 Å². The van der Waals surface area contributed by atoms with Gasteiger partial charge in [0.05, 0.1) is 5.54 Å². The zero-order chi connectivity index (χ0) is 13.7. The molecule has 0 unspecified atom stereocenters. The Balaban J connectivity index is 1.75. The molecule has 0 amide bonds. The summed E-state index contributed by atoms with van der Waals surface area (Å²) in [5.41, 5.74) is 7.79. The number of furan rings is 1. The van der Waals surface area contributed by atoms with Crippen molar-refractivity contribution in [2.75, 3.05) is 0 Å². The predicted octanol–water partition coefficient (Wildman–Crippen LogP) is 3.13. The summed E-state index contributed by atoms with van der Waals surface area (Å²) in [4.78, 5) is 4.40. The molecule has 0 saturated heterocycles. The highest BCUT2D eigenvalue weighted by molar-refractivity contribution is 5.82. The second kappa shape index (κ2) is 3.93. The average Bonchev–Trinajstić information content (AvgIpc) is 3.01. The Morgan fingerprint density at radius 2 is 2.10 bits per heavy atom. The molecule has 0 radical (unpaired) electrons. The van der Waals surface area contributed by atoms with Crippen molar-refractivity contribution in [3.63, 3.8) is 0 Å². The largest absolute Gasteiger partial charge is 0.451 e. The maximum absolute atomic E-state index is 6.19. The summed E-state index contributed by atoms with van der Waals surface area (Å²) < 4.78 is 11.0. The van der Waals surface area contributed by atoms with E-state index in [9.17, 15) is 0 Å². The summed E-state index contributed by atoms with van der Waals surface area (Å²) in [6.45, 7) is 2.05. The van der Waals surface area contributed by atoms with Gasteiger partial charge in [0, 0.05) is 5.39 Å². The smallest absolute Gasteiger partial charge is 0.293 e. The molecule has 0 aliphatic heterocycles. The summed E-state index contributed by atoms with van der Waals surface area (Å²) in [5, 5.41) is 5.04. The number of hydrogen-bond acceptors (Lipinski definition) is 5. The maximum atomic E-state index is 6.19. The topological polar surface area (TPSA) is 78.1 Å². The van der Waals surface area contributed by atoms with E-state index in [1.807, 2.05) is 25.1 Å². The Morgan fingerprint density at radius 1 is 1.25 bits per heavy atom. The van der Waals surface area contributed by atoms with Crippen LogP contribution in [0.15, 0.2) is 33.2 Å². The summed E-state index contributed by atoms with van der Waals surface area (Å²) in [5.74, 6) is 1.56. The number of hydrogen-bond donors (Lipinski definition) is 1. The van der Waals surface area contributed by atoms with Crippen molar-refractivity contribution in [3.05, 3.63) is 35.7 Å². The predicted molar refractivity (Wildman–Crippen MR) is 74.0 cm³/mol. The molecule has 1 aliphatic rings. The van der Waals surface area contributed by atoms with Gasteiger partial charge in [-0.3, -0.25) is 0 Å². The Hall–Kier alpha value is -2.14. The summed E-state index contributed by atoms with van der Waals surface area (Å²) in [6.07, 6.45) is 2.93. The van der Waals surface area contributed by atoms with E-state index in [-0.39, 0.29) is 0 Å². The molecule has 5 heteroatoms. The maximum Gasteiger partial charge on any atom is 0.293 e. The highest BCUT2D eigenvalue weighted by Gasteiger charge is 2.39. The number of benzene rings is 1. The van der Waals surface area contributed by atoms with E-state index in [2.05, 4.69) is 16.2 Å². The minimum absolute atomic E-state index is 0.394. The fourth-order valence-corrected chi connectivity index (χ4v) is 2.58. The van der Waals surface area contributed by atoms with Gasteiger partial charge in [0.1, 0.15) is 5.58 Å². The fourth-order valence-electron chi connectivity index (χ4n) is 2.58. The lowest BCUT2D eigenvalue weighted by atomic mass is 9.77. The van der Waals surface area contributed by atoms with Crippen LogP contribution in [-0.2, 0) is 5.54 Å². The van der Waals surface area contributed by atoms with Crippen molar-refractivity contribution in [3.8, 4) is 11.7 Å². The molecule has 2 aromatic heterocycles. The molecular weight excluding hydrogens is 254 g/mol. The molecule has 20 heavy (non-hydrogen) atoms. The van der Waals surface area contributed by atoms with Crippen molar-refractivity contribution in [2.45, 2.75) is 31.7 Å².